The Bertz CT molecular complexity index is 494. The smallest absolute Gasteiger partial charge is 0.248 e. The molecular formula is C8H7N3OS2. The van der Waals surface area contributed by atoms with Crippen molar-refractivity contribution in [3.63, 3.8) is 0 Å². The third-order valence-electron chi connectivity index (χ3n) is 1.83. The van der Waals surface area contributed by atoms with Crippen LogP contribution in [0, 0.1) is 0 Å². The van der Waals surface area contributed by atoms with E-state index in [4.69, 9.17) is 5.73 Å². The minimum absolute atomic E-state index is 0.443. The maximum absolute atomic E-state index is 10.9. The molecule has 0 spiro atoms. The number of thiol groups is 1. The molecule has 0 aliphatic carbocycles. The summed E-state index contributed by atoms with van der Waals surface area (Å²) in [6.07, 6.45) is 0. The van der Waals surface area contributed by atoms with Crippen LogP contribution in [0.2, 0.25) is 0 Å². The highest BCUT2D eigenvalue weighted by Gasteiger charge is 2.05. The zero-order valence-corrected chi connectivity index (χ0v) is 8.73. The van der Waals surface area contributed by atoms with E-state index >= 15 is 0 Å². The van der Waals surface area contributed by atoms with Crippen molar-refractivity contribution in [2.75, 3.05) is 0 Å². The van der Waals surface area contributed by atoms with Crippen LogP contribution in [-0.4, -0.2) is 15.9 Å². The van der Waals surface area contributed by atoms with Crippen molar-refractivity contribution >= 4 is 39.4 Å². The van der Waals surface area contributed by atoms with Crippen LogP contribution in [0.15, 0.2) is 23.4 Å². The number of hydrogen-bond donors (Lipinski definition) is 3. The number of benzene rings is 1. The number of imidazole rings is 1. The molecule has 0 radical (unpaired) electrons. The van der Waals surface area contributed by atoms with Gasteiger partial charge in [0.1, 0.15) is 0 Å². The highest BCUT2D eigenvalue weighted by Crippen LogP contribution is 2.22. The number of rotatable bonds is 2. The number of aromatic nitrogens is 2. The second-order valence-corrected chi connectivity index (χ2v) is 3.85. The van der Waals surface area contributed by atoms with E-state index in [1.165, 1.54) is 10.8 Å². The lowest BCUT2D eigenvalue weighted by atomic mass is 10.2. The van der Waals surface area contributed by atoms with Crippen LogP contribution in [0.1, 0.15) is 10.4 Å². The second-order valence-electron chi connectivity index (χ2n) is 2.73. The van der Waals surface area contributed by atoms with Crippen LogP contribution < -0.4 is 5.73 Å². The molecule has 0 aliphatic rings. The van der Waals surface area contributed by atoms with Gasteiger partial charge in [-0.05, 0) is 29.0 Å². The Kier molecular flexibility index (Phi) is 2.39. The van der Waals surface area contributed by atoms with E-state index in [1.807, 2.05) is 0 Å². The van der Waals surface area contributed by atoms with Gasteiger partial charge in [-0.15, -0.1) is 11.7 Å². The number of H-pyrrole nitrogens is 1. The van der Waals surface area contributed by atoms with Crippen LogP contribution >= 0.6 is 22.5 Å². The Labute approximate surface area is 89.1 Å². The summed E-state index contributed by atoms with van der Waals surface area (Å²) in [7, 11) is 1.22. The number of carbonyl (C=O) groups excluding carboxylic acids is 1. The lowest BCUT2D eigenvalue weighted by molar-refractivity contribution is 0.100. The van der Waals surface area contributed by atoms with E-state index < -0.39 is 5.91 Å². The molecule has 1 aromatic carbocycles. The summed E-state index contributed by atoms with van der Waals surface area (Å²) in [5.74, 6) is -0.443. The zero-order chi connectivity index (χ0) is 10.1. The normalized spacial score (nSPS) is 10.6. The van der Waals surface area contributed by atoms with Gasteiger partial charge in [0.05, 0.1) is 11.0 Å². The fourth-order valence-electron chi connectivity index (χ4n) is 1.18. The van der Waals surface area contributed by atoms with Crippen molar-refractivity contribution in [3.8, 4) is 0 Å². The maximum Gasteiger partial charge on any atom is 0.248 e. The van der Waals surface area contributed by atoms with Gasteiger partial charge in [0.2, 0.25) is 5.91 Å². The predicted octanol–water partition coefficient (Wildman–Crippen LogP) is 1.60. The van der Waals surface area contributed by atoms with Crippen molar-refractivity contribution in [2.45, 2.75) is 5.16 Å². The number of carbonyl (C=O) groups is 1. The largest absolute Gasteiger partial charge is 0.366 e. The summed E-state index contributed by atoms with van der Waals surface area (Å²) in [6.45, 7) is 0. The van der Waals surface area contributed by atoms with Crippen LogP contribution in [0.5, 0.6) is 0 Å². The van der Waals surface area contributed by atoms with Crippen LogP contribution in [-0.2, 0) is 0 Å². The molecule has 0 saturated heterocycles. The molecule has 0 aliphatic heterocycles. The molecule has 6 heteroatoms. The summed E-state index contributed by atoms with van der Waals surface area (Å²) in [5.41, 5.74) is 7.21. The molecule has 0 bridgehead atoms. The average Bonchev–Trinajstić information content (AvgIpc) is 2.58. The number of nitrogens with one attached hydrogen (secondary N) is 1. The molecule has 1 aromatic heterocycles. The second kappa shape index (κ2) is 3.55. The molecule has 0 unspecified atom stereocenters. The van der Waals surface area contributed by atoms with Gasteiger partial charge < -0.3 is 10.7 Å². The predicted molar refractivity (Wildman–Crippen MR) is 59.5 cm³/mol. The van der Waals surface area contributed by atoms with Gasteiger partial charge in [-0.3, -0.25) is 4.79 Å². The van der Waals surface area contributed by atoms with Gasteiger partial charge in [0, 0.05) is 5.56 Å². The molecule has 1 heterocycles. The highest BCUT2D eigenvalue weighted by atomic mass is 33.1. The van der Waals surface area contributed by atoms with Gasteiger partial charge in [-0.2, -0.15) is 0 Å². The Morgan fingerprint density at radius 3 is 3.00 bits per heavy atom. The van der Waals surface area contributed by atoms with E-state index in [9.17, 15) is 4.79 Å². The zero-order valence-electron chi connectivity index (χ0n) is 7.02. The molecule has 0 atom stereocenters. The molecule has 4 nitrogen and oxygen atoms in total. The molecule has 3 N–H and O–H groups in total. The standard InChI is InChI=1S/C8H7N3OS2/c9-7(12)4-1-2-5-6(3-4)11-8(10-5)14-13/h1-3,13H,(H2,9,12)(H,10,11). The SMILES string of the molecule is NC(=O)c1ccc2nc(SS)[nH]c2c1. The number of nitrogens with two attached hydrogens (primary N) is 1. The molecule has 0 fully saturated rings. The Morgan fingerprint density at radius 1 is 1.57 bits per heavy atom. The summed E-state index contributed by atoms with van der Waals surface area (Å²) in [4.78, 5) is 18.1. The summed E-state index contributed by atoms with van der Waals surface area (Å²) in [6, 6.07) is 5.08. The lowest BCUT2D eigenvalue weighted by Gasteiger charge is -1.93. The van der Waals surface area contributed by atoms with E-state index in [1.54, 1.807) is 18.2 Å². The fourth-order valence-corrected chi connectivity index (χ4v) is 1.74. The van der Waals surface area contributed by atoms with Crippen LogP contribution in [0.4, 0.5) is 0 Å². The van der Waals surface area contributed by atoms with Crippen molar-refractivity contribution in [1.29, 1.82) is 0 Å². The molecule has 72 valence electrons. The monoisotopic (exact) mass is 225 g/mol. The number of fused-ring (bicyclic) bond motifs is 1. The van der Waals surface area contributed by atoms with E-state index in [0.29, 0.717) is 10.7 Å². The van der Waals surface area contributed by atoms with Gasteiger partial charge in [0.15, 0.2) is 5.16 Å². The summed E-state index contributed by atoms with van der Waals surface area (Å²) < 4.78 is 0. The van der Waals surface area contributed by atoms with E-state index in [0.717, 1.165) is 11.0 Å². The minimum Gasteiger partial charge on any atom is -0.366 e. The lowest BCUT2D eigenvalue weighted by Crippen LogP contribution is -2.10. The molecule has 14 heavy (non-hydrogen) atoms. The van der Waals surface area contributed by atoms with Gasteiger partial charge in [-0.1, -0.05) is 0 Å². The van der Waals surface area contributed by atoms with Gasteiger partial charge >= 0.3 is 0 Å². The summed E-state index contributed by atoms with van der Waals surface area (Å²) >= 11 is 4.02. The Hall–Kier alpha value is -1.14. The third-order valence-corrected chi connectivity index (χ3v) is 2.72. The van der Waals surface area contributed by atoms with Crippen LogP contribution in [0.3, 0.4) is 0 Å². The van der Waals surface area contributed by atoms with Gasteiger partial charge in [0.25, 0.3) is 0 Å². The highest BCUT2D eigenvalue weighted by molar-refractivity contribution is 8.68. The Morgan fingerprint density at radius 2 is 2.36 bits per heavy atom. The average molecular weight is 225 g/mol. The first-order valence-electron chi connectivity index (χ1n) is 3.81. The van der Waals surface area contributed by atoms with Crippen molar-refractivity contribution in [2.24, 2.45) is 5.73 Å². The molecule has 2 rings (SSSR count). The van der Waals surface area contributed by atoms with Crippen LogP contribution in [0.25, 0.3) is 11.0 Å². The summed E-state index contributed by atoms with van der Waals surface area (Å²) in [5, 5.41) is 0.699. The Balaban J connectivity index is 2.59. The number of primary amides is 1. The third kappa shape index (κ3) is 1.58. The number of amides is 1. The fraction of sp³-hybridized carbons (Fsp3) is 0. The van der Waals surface area contributed by atoms with Gasteiger partial charge in [-0.25, -0.2) is 4.98 Å². The molecular weight excluding hydrogens is 218 g/mol. The van der Waals surface area contributed by atoms with Crippen molar-refractivity contribution in [1.82, 2.24) is 9.97 Å². The quantitative estimate of drug-likeness (QED) is 0.537. The van der Waals surface area contributed by atoms with E-state index in [2.05, 4.69) is 21.6 Å². The first kappa shape index (κ1) is 9.42. The minimum atomic E-state index is -0.443. The number of nitrogens with zero attached hydrogens (tertiary/aromatic N) is 1. The maximum atomic E-state index is 10.9. The molecule has 2 aromatic rings. The molecule has 0 saturated carbocycles. The topological polar surface area (TPSA) is 71.8 Å². The molecule has 1 amide bonds. The number of hydrogen-bond acceptors (Lipinski definition) is 4. The van der Waals surface area contributed by atoms with Crippen molar-refractivity contribution < 1.29 is 4.79 Å². The van der Waals surface area contributed by atoms with Crippen molar-refractivity contribution in [3.05, 3.63) is 23.8 Å². The first-order valence-corrected chi connectivity index (χ1v) is 5.68. The van der Waals surface area contributed by atoms with E-state index in [-0.39, 0.29) is 0 Å². The number of aromatic amines is 1. The first-order chi connectivity index (χ1) is 6.70.